The van der Waals surface area contributed by atoms with Crippen LogP contribution in [0.15, 0.2) is 22.7 Å². The lowest BCUT2D eigenvalue weighted by Crippen LogP contribution is -2.37. The Labute approximate surface area is 123 Å². The number of esters is 1. The molecular formula is C15H20BrNO2. The summed E-state index contributed by atoms with van der Waals surface area (Å²) in [6.07, 6.45) is 3.78. The van der Waals surface area contributed by atoms with Crippen molar-refractivity contribution in [1.29, 1.82) is 0 Å². The summed E-state index contributed by atoms with van der Waals surface area (Å²) in [5.41, 5.74) is 1.69. The number of hydrogen-bond donors (Lipinski definition) is 0. The van der Waals surface area contributed by atoms with E-state index < -0.39 is 0 Å². The van der Waals surface area contributed by atoms with Crippen LogP contribution in [0.3, 0.4) is 0 Å². The first-order valence-electron chi connectivity index (χ1n) is 6.73. The maximum atomic E-state index is 11.8. The molecule has 1 aromatic rings. The second kappa shape index (κ2) is 6.53. The molecule has 1 saturated heterocycles. The molecule has 0 radical (unpaired) electrons. The summed E-state index contributed by atoms with van der Waals surface area (Å²) < 4.78 is 5.85. The van der Waals surface area contributed by atoms with E-state index in [0.29, 0.717) is 11.6 Å². The molecule has 3 nitrogen and oxygen atoms in total. The molecule has 1 atom stereocenters. The van der Waals surface area contributed by atoms with Crippen molar-refractivity contribution in [3.63, 3.8) is 0 Å². The van der Waals surface area contributed by atoms with Gasteiger partial charge in [-0.15, -0.1) is 0 Å². The van der Waals surface area contributed by atoms with Gasteiger partial charge in [0.05, 0.1) is 12.7 Å². The Bertz CT molecular complexity index is 461. The number of nitrogens with zero attached hydrogens (tertiary/aromatic N) is 1. The maximum Gasteiger partial charge on any atom is 0.338 e. The fraction of sp³-hybridized carbons (Fsp3) is 0.533. The van der Waals surface area contributed by atoms with Crippen molar-refractivity contribution in [2.45, 2.75) is 38.8 Å². The number of rotatable bonds is 3. The topological polar surface area (TPSA) is 29.5 Å². The molecule has 1 aromatic carbocycles. The molecule has 0 spiro atoms. The number of methoxy groups -OCH3 is 1. The Morgan fingerprint density at radius 2 is 2.26 bits per heavy atom. The Balaban J connectivity index is 2.25. The van der Waals surface area contributed by atoms with Crippen molar-refractivity contribution >= 4 is 21.9 Å². The van der Waals surface area contributed by atoms with Gasteiger partial charge in [0.1, 0.15) is 0 Å². The summed E-state index contributed by atoms with van der Waals surface area (Å²) in [5, 5.41) is 0. The summed E-state index contributed by atoms with van der Waals surface area (Å²) in [4.78, 5) is 14.3. The van der Waals surface area contributed by atoms with Gasteiger partial charge in [0.15, 0.2) is 0 Å². The van der Waals surface area contributed by atoms with Crippen LogP contribution >= 0.6 is 15.9 Å². The van der Waals surface area contributed by atoms with Crippen LogP contribution in [0.2, 0.25) is 0 Å². The monoisotopic (exact) mass is 325 g/mol. The van der Waals surface area contributed by atoms with Crippen molar-refractivity contribution in [2.24, 2.45) is 0 Å². The van der Waals surface area contributed by atoms with Crippen LogP contribution in [-0.2, 0) is 11.3 Å². The molecule has 19 heavy (non-hydrogen) atoms. The summed E-state index contributed by atoms with van der Waals surface area (Å²) in [7, 11) is 1.43. The van der Waals surface area contributed by atoms with Gasteiger partial charge in [-0.3, -0.25) is 4.90 Å². The molecule has 1 unspecified atom stereocenters. The summed E-state index contributed by atoms with van der Waals surface area (Å²) >= 11 is 3.56. The quantitative estimate of drug-likeness (QED) is 0.795. The predicted octanol–water partition coefficient (Wildman–Crippen LogP) is 3.61. The molecule has 104 valence electrons. The van der Waals surface area contributed by atoms with Gasteiger partial charge in [-0.25, -0.2) is 4.79 Å². The van der Waals surface area contributed by atoms with Crippen LogP contribution < -0.4 is 0 Å². The minimum absolute atomic E-state index is 0.263. The van der Waals surface area contributed by atoms with Crippen LogP contribution in [-0.4, -0.2) is 30.6 Å². The molecule has 0 N–H and O–H groups in total. The minimum Gasteiger partial charge on any atom is -0.465 e. The number of benzene rings is 1. The van der Waals surface area contributed by atoms with Crippen molar-refractivity contribution in [3.05, 3.63) is 33.8 Å². The van der Waals surface area contributed by atoms with Gasteiger partial charge in [0.2, 0.25) is 0 Å². The molecule has 1 heterocycles. The number of carbonyl (C=O) groups excluding carboxylic acids is 1. The fourth-order valence-corrected chi connectivity index (χ4v) is 3.11. The lowest BCUT2D eigenvalue weighted by Gasteiger charge is -2.33. The van der Waals surface area contributed by atoms with E-state index in [4.69, 9.17) is 4.74 Å². The minimum atomic E-state index is -0.263. The van der Waals surface area contributed by atoms with E-state index >= 15 is 0 Å². The average Bonchev–Trinajstić information content (AvgIpc) is 2.42. The molecular weight excluding hydrogens is 306 g/mol. The number of halogens is 1. The molecule has 1 aliphatic heterocycles. The van der Waals surface area contributed by atoms with Crippen LogP contribution in [0.4, 0.5) is 0 Å². The first kappa shape index (κ1) is 14.5. The average molecular weight is 326 g/mol. The predicted molar refractivity (Wildman–Crippen MR) is 79.2 cm³/mol. The zero-order valence-corrected chi connectivity index (χ0v) is 13.1. The van der Waals surface area contributed by atoms with E-state index in [1.165, 1.54) is 26.4 Å². The third kappa shape index (κ3) is 3.37. The van der Waals surface area contributed by atoms with E-state index in [-0.39, 0.29) is 5.97 Å². The van der Waals surface area contributed by atoms with Crippen molar-refractivity contribution < 1.29 is 9.53 Å². The van der Waals surface area contributed by atoms with Crippen LogP contribution in [0.25, 0.3) is 0 Å². The zero-order chi connectivity index (χ0) is 13.8. The number of ether oxygens (including phenoxy) is 1. The first-order valence-corrected chi connectivity index (χ1v) is 7.52. The number of carbonyl (C=O) groups is 1. The van der Waals surface area contributed by atoms with Crippen molar-refractivity contribution in [3.8, 4) is 0 Å². The summed E-state index contributed by atoms with van der Waals surface area (Å²) in [6, 6.07) is 6.27. The standard InChI is InChI=1S/C15H20BrNO2/c1-11-6-3-4-9-17(11)10-13-12(15(18)19-2)7-5-8-14(13)16/h5,7-8,11H,3-4,6,9-10H2,1-2H3. The molecule has 1 aliphatic rings. The molecule has 0 bridgehead atoms. The maximum absolute atomic E-state index is 11.8. The number of hydrogen-bond acceptors (Lipinski definition) is 3. The van der Waals surface area contributed by atoms with Crippen molar-refractivity contribution in [2.75, 3.05) is 13.7 Å². The lowest BCUT2D eigenvalue weighted by molar-refractivity contribution is 0.0596. The molecule has 0 aromatic heterocycles. The number of piperidine rings is 1. The van der Waals surface area contributed by atoms with Gasteiger partial charge in [-0.1, -0.05) is 28.4 Å². The zero-order valence-electron chi connectivity index (χ0n) is 11.5. The molecule has 4 heteroatoms. The van der Waals surface area contributed by atoms with Gasteiger partial charge in [0, 0.05) is 17.1 Å². The van der Waals surface area contributed by atoms with Gasteiger partial charge in [-0.2, -0.15) is 0 Å². The second-order valence-electron chi connectivity index (χ2n) is 5.07. The van der Waals surface area contributed by atoms with Crippen LogP contribution in [0, 0.1) is 0 Å². The van der Waals surface area contributed by atoms with Crippen LogP contribution in [0.5, 0.6) is 0 Å². The summed E-state index contributed by atoms with van der Waals surface area (Å²) in [6.45, 7) is 4.16. The van der Waals surface area contributed by atoms with Gasteiger partial charge >= 0.3 is 5.97 Å². The number of likely N-dealkylation sites (tertiary alicyclic amines) is 1. The van der Waals surface area contributed by atoms with Crippen molar-refractivity contribution in [1.82, 2.24) is 4.90 Å². The van der Waals surface area contributed by atoms with Gasteiger partial charge in [0.25, 0.3) is 0 Å². The first-order chi connectivity index (χ1) is 9.13. The molecule has 0 amide bonds. The van der Waals surface area contributed by atoms with E-state index in [2.05, 4.69) is 27.8 Å². The van der Waals surface area contributed by atoms with E-state index in [1.54, 1.807) is 0 Å². The Morgan fingerprint density at radius 3 is 2.95 bits per heavy atom. The highest BCUT2D eigenvalue weighted by molar-refractivity contribution is 9.10. The lowest BCUT2D eigenvalue weighted by atomic mass is 10.0. The highest BCUT2D eigenvalue weighted by Gasteiger charge is 2.22. The Morgan fingerprint density at radius 1 is 1.47 bits per heavy atom. The normalized spacial score (nSPS) is 20.3. The smallest absolute Gasteiger partial charge is 0.338 e. The highest BCUT2D eigenvalue weighted by atomic mass is 79.9. The summed E-state index contributed by atoms with van der Waals surface area (Å²) in [5.74, 6) is -0.263. The molecule has 2 rings (SSSR count). The molecule has 0 saturated carbocycles. The largest absolute Gasteiger partial charge is 0.465 e. The highest BCUT2D eigenvalue weighted by Crippen LogP contribution is 2.26. The Kier molecular flexibility index (Phi) is 4.99. The third-order valence-electron chi connectivity index (χ3n) is 3.83. The van der Waals surface area contributed by atoms with Gasteiger partial charge in [-0.05, 0) is 44.0 Å². The van der Waals surface area contributed by atoms with Crippen LogP contribution in [0.1, 0.15) is 42.1 Å². The SMILES string of the molecule is COC(=O)c1cccc(Br)c1CN1CCCCC1C. The van der Waals surface area contributed by atoms with E-state index in [0.717, 1.165) is 23.1 Å². The van der Waals surface area contributed by atoms with E-state index in [1.807, 2.05) is 18.2 Å². The Hall–Kier alpha value is -0.870. The van der Waals surface area contributed by atoms with E-state index in [9.17, 15) is 4.79 Å². The second-order valence-corrected chi connectivity index (χ2v) is 5.93. The molecule has 0 aliphatic carbocycles. The third-order valence-corrected chi connectivity index (χ3v) is 4.57. The fourth-order valence-electron chi connectivity index (χ4n) is 2.62. The molecule has 1 fully saturated rings. The van der Waals surface area contributed by atoms with Gasteiger partial charge < -0.3 is 4.74 Å².